The third-order valence-electron chi connectivity index (χ3n) is 5.81. The van der Waals surface area contributed by atoms with Crippen LogP contribution in [0.5, 0.6) is 0 Å². The Kier molecular flexibility index (Phi) is 5.84. The number of nitrogens with zero attached hydrogens (tertiary/aromatic N) is 2. The molecule has 3 heterocycles. The Morgan fingerprint density at radius 1 is 1.20 bits per heavy atom. The van der Waals surface area contributed by atoms with E-state index in [9.17, 15) is 9.59 Å². The molecule has 2 aromatic heterocycles. The maximum Gasteiger partial charge on any atom is 0.254 e. The van der Waals surface area contributed by atoms with Crippen LogP contribution in [-0.2, 0) is 17.8 Å². The summed E-state index contributed by atoms with van der Waals surface area (Å²) in [6, 6.07) is 11.7. The number of furan rings is 1. The highest BCUT2D eigenvalue weighted by atomic mass is 16.3. The fraction of sp³-hybridized carbons (Fsp3) is 0.375. The van der Waals surface area contributed by atoms with Gasteiger partial charge in [-0.15, -0.1) is 0 Å². The van der Waals surface area contributed by atoms with Crippen LogP contribution < -0.4 is 5.32 Å². The molecule has 0 radical (unpaired) electrons. The number of pyridine rings is 1. The first-order valence-corrected chi connectivity index (χ1v) is 10.5. The second-order valence-electron chi connectivity index (χ2n) is 7.88. The molecule has 1 aliphatic rings. The second kappa shape index (κ2) is 8.69. The third-order valence-corrected chi connectivity index (χ3v) is 5.81. The van der Waals surface area contributed by atoms with Gasteiger partial charge in [0.2, 0.25) is 5.91 Å². The maximum atomic E-state index is 13.3. The van der Waals surface area contributed by atoms with Crippen LogP contribution in [0.3, 0.4) is 0 Å². The number of aromatic nitrogens is 1. The van der Waals surface area contributed by atoms with E-state index in [4.69, 9.17) is 4.42 Å². The molecule has 1 aliphatic heterocycles. The molecule has 0 saturated carbocycles. The predicted octanol–water partition coefficient (Wildman–Crippen LogP) is 3.87. The maximum absolute atomic E-state index is 13.3. The summed E-state index contributed by atoms with van der Waals surface area (Å²) in [6.45, 7) is 5.57. The molecule has 0 aliphatic carbocycles. The molecule has 1 saturated heterocycles. The Balaban J connectivity index is 1.43. The van der Waals surface area contributed by atoms with E-state index in [2.05, 4.69) is 29.4 Å². The van der Waals surface area contributed by atoms with Crippen LogP contribution in [0.1, 0.15) is 47.1 Å². The molecule has 3 aromatic rings. The lowest BCUT2D eigenvalue weighted by Gasteiger charge is -2.31. The van der Waals surface area contributed by atoms with Gasteiger partial charge in [-0.1, -0.05) is 13.0 Å². The minimum atomic E-state index is -0.0772. The number of piperidine rings is 1. The van der Waals surface area contributed by atoms with Crippen molar-refractivity contribution in [3.8, 4) is 0 Å². The molecule has 4 rings (SSSR count). The van der Waals surface area contributed by atoms with Gasteiger partial charge in [0.25, 0.3) is 5.91 Å². The number of hydrogen-bond donors (Lipinski definition) is 1. The number of carbonyl (C=O) groups is 2. The van der Waals surface area contributed by atoms with E-state index in [1.807, 2.05) is 30.0 Å². The molecular formula is C24H27N3O3. The molecular weight excluding hydrogens is 378 g/mol. The summed E-state index contributed by atoms with van der Waals surface area (Å²) in [7, 11) is 0. The lowest BCUT2D eigenvalue weighted by molar-refractivity contribution is -0.126. The van der Waals surface area contributed by atoms with Crippen LogP contribution >= 0.6 is 0 Å². The first-order chi connectivity index (χ1) is 14.5. The Bertz CT molecular complexity index is 1050. The van der Waals surface area contributed by atoms with Crippen molar-refractivity contribution >= 4 is 22.7 Å². The second-order valence-corrected chi connectivity index (χ2v) is 7.88. The summed E-state index contributed by atoms with van der Waals surface area (Å²) in [5.41, 5.74) is 3.58. The first kappa shape index (κ1) is 20.1. The van der Waals surface area contributed by atoms with E-state index in [-0.39, 0.29) is 17.7 Å². The van der Waals surface area contributed by atoms with E-state index in [1.165, 1.54) is 5.56 Å². The Labute approximate surface area is 176 Å². The Morgan fingerprint density at radius 2 is 2.00 bits per heavy atom. The van der Waals surface area contributed by atoms with E-state index < -0.39 is 0 Å². The smallest absolute Gasteiger partial charge is 0.254 e. The average Bonchev–Trinajstić information content (AvgIpc) is 3.30. The van der Waals surface area contributed by atoms with Crippen molar-refractivity contribution in [3.63, 3.8) is 0 Å². The van der Waals surface area contributed by atoms with Gasteiger partial charge in [0, 0.05) is 30.1 Å². The monoisotopic (exact) mass is 405 g/mol. The van der Waals surface area contributed by atoms with Crippen molar-refractivity contribution in [2.45, 2.75) is 39.7 Å². The Morgan fingerprint density at radius 3 is 2.70 bits per heavy atom. The van der Waals surface area contributed by atoms with Crippen molar-refractivity contribution in [3.05, 3.63) is 65.2 Å². The summed E-state index contributed by atoms with van der Waals surface area (Å²) in [5.74, 6) is 0.707. The van der Waals surface area contributed by atoms with E-state index in [0.717, 1.165) is 28.8 Å². The highest BCUT2D eigenvalue weighted by molar-refractivity contribution is 6.06. The highest BCUT2D eigenvalue weighted by Gasteiger charge is 2.28. The van der Waals surface area contributed by atoms with Crippen molar-refractivity contribution in [2.75, 3.05) is 13.1 Å². The van der Waals surface area contributed by atoms with Gasteiger partial charge in [-0.25, -0.2) is 0 Å². The average molecular weight is 405 g/mol. The van der Waals surface area contributed by atoms with Crippen molar-refractivity contribution in [1.29, 1.82) is 0 Å². The van der Waals surface area contributed by atoms with Gasteiger partial charge >= 0.3 is 0 Å². The molecule has 0 spiro atoms. The minimum Gasteiger partial charge on any atom is -0.467 e. The van der Waals surface area contributed by atoms with Crippen LogP contribution in [0.4, 0.5) is 0 Å². The van der Waals surface area contributed by atoms with Crippen LogP contribution in [0.15, 0.2) is 47.1 Å². The molecule has 156 valence electrons. The number of amides is 2. The minimum absolute atomic E-state index is 0.0215. The zero-order chi connectivity index (χ0) is 21.1. The first-order valence-electron chi connectivity index (χ1n) is 10.5. The standard InChI is InChI=1S/C24H27N3O3/c1-3-17-6-7-22-20(14-17)21(13-16(2)26-22)24(29)27-10-8-18(9-11-27)23(28)25-15-19-5-4-12-30-19/h4-7,12-14,18H,3,8-11,15H2,1-2H3,(H,25,28). The quantitative estimate of drug-likeness (QED) is 0.699. The molecule has 1 aromatic carbocycles. The van der Waals surface area contributed by atoms with Crippen molar-refractivity contribution in [2.24, 2.45) is 5.92 Å². The topological polar surface area (TPSA) is 75.4 Å². The van der Waals surface area contributed by atoms with E-state index in [0.29, 0.717) is 38.0 Å². The number of rotatable bonds is 5. The number of likely N-dealkylation sites (tertiary alicyclic amines) is 1. The zero-order valence-electron chi connectivity index (χ0n) is 17.5. The van der Waals surface area contributed by atoms with Crippen molar-refractivity contribution < 1.29 is 14.0 Å². The van der Waals surface area contributed by atoms with Crippen LogP contribution in [-0.4, -0.2) is 34.8 Å². The third kappa shape index (κ3) is 4.22. The zero-order valence-corrected chi connectivity index (χ0v) is 17.5. The van der Waals surface area contributed by atoms with Gasteiger partial charge < -0.3 is 14.6 Å². The lowest BCUT2D eigenvalue weighted by Crippen LogP contribution is -2.43. The molecule has 6 nitrogen and oxygen atoms in total. The summed E-state index contributed by atoms with van der Waals surface area (Å²) in [5, 5.41) is 3.84. The summed E-state index contributed by atoms with van der Waals surface area (Å²) >= 11 is 0. The van der Waals surface area contributed by atoms with Crippen LogP contribution in [0.2, 0.25) is 0 Å². The number of nitrogens with one attached hydrogen (secondary N) is 1. The molecule has 1 fully saturated rings. The number of fused-ring (bicyclic) bond motifs is 1. The lowest BCUT2D eigenvalue weighted by atomic mass is 9.94. The fourth-order valence-corrected chi connectivity index (χ4v) is 4.05. The number of benzene rings is 1. The Hall–Kier alpha value is -3.15. The van der Waals surface area contributed by atoms with Gasteiger partial charge in [-0.2, -0.15) is 0 Å². The molecule has 1 N–H and O–H groups in total. The van der Waals surface area contributed by atoms with E-state index >= 15 is 0 Å². The van der Waals surface area contributed by atoms with Gasteiger partial charge in [0.1, 0.15) is 5.76 Å². The number of hydrogen-bond acceptors (Lipinski definition) is 4. The fourth-order valence-electron chi connectivity index (χ4n) is 4.05. The number of carbonyl (C=O) groups excluding carboxylic acids is 2. The summed E-state index contributed by atoms with van der Waals surface area (Å²) < 4.78 is 5.26. The molecule has 0 bridgehead atoms. The van der Waals surface area contributed by atoms with Gasteiger partial charge in [-0.05, 0) is 62.1 Å². The van der Waals surface area contributed by atoms with Crippen LogP contribution in [0, 0.1) is 12.8 Å². The summed E-state index contributed by atoms with van der Waals surface area (Å²) in [4.78, 5) is 32.2. The molecule has 0 atom stereocenters. The molecule has 0 unspecified atom stereocenters. The summed E-state index contributed by atoms with van der Waals surface area (Å²) in [6.07, 6.45) is 3.84. The van der Waals surface area contributed by atoms with Crippen molar-refractivity contribution in [1.82, 2.24) is 15.2 Å². The molecule has 30 heavy (non-hydrogen) atoms. The van der Waals surface area contributed by atoms with E-state index in [1.54, 1.807) is 12.3 Å². The molecule has 2 amide bonds. The predicted molar refractivity (Wildman–Crippen MR) is 115 cm³/mol. The SMILES string of the molecule is CCc1ccc2nc(C)cc(C(=O)N3CCC(C(=O)NCc4ccco4)CC3)c2c1. The van der Waals surface area contributed by atoms with Crippen LogP contribution in [0.25, 0.3) is 10.9 Å². The number of aryl methyl sites for hydroxylation is 2. The largest absolute Gasteiger partial charge is 0.467 e. The normalized spacial score (nSPS) is 14.8. The molecule has 6 heteroatoms. The highest BCUT2D eigenvalue weighted by Crippen LogP contribution is 2.25. The van der Waals surface area contributed by atoms with Gasteiger partial charge in [0.15, 0.2) is 0 Å². The van der Waals surface area contributed by atoms with Gasteiger partial charge in [0.05, 0.1) is 23.9 Å². The van der Waals surface area contributed by atoms with Gasteiger partial charge in [-0.3, -0.25) is 14.6 Å².